The Bertz CT molecular complexity index is 820. The summed E-state index contributed by atoms with van der Waals surface area (Å²) < 4.78 is 5.61. The van der Waals surface area contributed by atoms with Crippen molar-refractivity contribution in [1.82, 2.24) is 9.97 Å². The molecule has 4 rings (SSSR count). The molecule has 0 amide bonds. The molecule has 0 spiro atoms. The highest BCUT2D eigenvalue weighted by Gasteiger charge is 2.20. The fourth-order valence-corrected chi connectivity index (χ4v) is 3.42. The van der Waals surface area contributed by atoms with Crippen LogP contribution in [0, 0.1) is 0 Å². The number of anilines is 1. The fraction of sp³-hybridized carbons (Fsp3) is 0.278. The van der Waals surface area contributed by atoms with Crippen molar-refractivity contribution < 1.29 is 4.74 Å². The van der Waals surface area contributed by atoms with E-state index in [2.05, 4.69) is 14.9 Å². The van der Waals surface area contributed by atoms with Gasteiger partial charge in [0.15, 0.2) is 0 Å². The van der Waals surface area contributed by atoms with Crippen molar-refractivity contribution in [1.29, 1.82) is 0 Å². The largest absolute Gasteiger partial charge is 0.495 e. The predicted molar refractivity (Wildman–Crippen MR) is 94.5 cm³/mol. The lowest BCUT2D eigenvalue weighted by Crippen LogP contribution is -2.18. The Kier molecular flexibility index (Phi) is 3.62. The van der Waals surface area contributed by atoms with Gasteiger partial charge in [0.1, 0.15) is 11.6 Å². The standard InChI is InChI=1S/C18H18ClN3O/c1-23-17-10-12(13(19)11-16(17)22-8-4-5-9-22)18-20-14-6-2-3-7-15(14)21-18/h2-3,6-7,10-11H,4-5,8-9H2,1H3,(H,20,21). The van der Waals surface area contributed by atoms with Crippen LogP contribution >= 0.6 is 11.6 Å². The molecule has 1 saturated heterocycles. The molecule has 1 aliphatic rings. The number of aromatic amines is 1. The molecule has 1 N–H and O–H groups in total. The van der Waals surface area contributed by atoms with E-state index in [9.17, 15) is 0 Å². The number of halogens is 1. The lowest BCUT2D eigenvalue weighted by molar-refractivity contribution is 0.415. The van der Waals surface area contributed by atoms with Gasteiger partial charge in [-0.1, -0.05) is 23.7 Å². The van der Waals surface area contributed by atoms with Gasteiger partial charge in [-0.15, -0.1) is 0 Å². The maximum Gasteiger partial charge on any atom is 0.142 e. The van der Waals surface area contributed by atoms with Gasteiger partial charge in [-0.05, 0) is 37.1 Å². The minimum Gasteiger partial charge on any atom is -0.495 e. The number of nitrogens with one attached hydrogen (secondary N) is 1. The first-order valence-corrected chi connectivity index (χ1v) is 8.21. The topological polar surface area (TPSA) is 41.1 Å². The lowest BCUT2D eigenvalue weighted by Gasteiger charge is -2.21. The van der Waals surface area contributed by atoms with Crippen molar-refractivity contribution in [3.8, 4) is 17.1 Å². The molecule has 0 aliphatic carbocycles. The first-order valence-electron chi connectivity index (χ1n) is 7.84. The molecule has 0 radical (unpaired) electrons. The monoisotopic (exact) mass is 327 g/mol. The predicted octanol–water partition coefficient (Wildman–Crippen LogP) is 4.49. The van der Waals surface area contributed by atoms with Gasteiger partial charge in [0.2, 0.25) is 0 Å². The van der Waals surface area contributed by atoms with Gasteiger partial charge >= 0.3 is 0 Å². The Hall–Kier alpha value is -2.20. The number of aromatic nitrogens is 2. The third kappa shape index (κ3) is 2.53. The summed E-state index contributed by atoms with van der Waals surface area (Å²) >= 11 is 6.56. The van der Waals surface area contributed by atoms with Crippen LogP contribution in [0.15, 0.2) is 36.4 Å². The lowest BCUT2D eigenvalue weighted by atomic mass is 10.1. The van der Waals surface area contributed by atoms with E-state index in [0.29, 0.717) is 5.02 Å². The van der Waals surface area contributed by atoms with Gasteiger partial charge in [0.25, 0.3) is 0 Å². The van der Waals surface area contributed by atoms with Crippen molar-refractivity contribution in [3.05, 3.63) is 41.4 Å². The first-order chi connectivity index (χ1) is 11.3. The number of imidazole rings is 1. The number of hydrogen-bond donors (Lipinski definition) is 1. The van der Waals surface area contributed by atoms with Gasteiger partial charge in [-0.25, -0.2) is 4.98 Å². The molecule has 1 aromatic heterocycles. The van der Waals surface area contributed by atoms with Crippen LogP contribution in [0.3, 0.4) is 0 Å². The molecule has 3 aromatic rings. The number of ether oxygens (including phenoxy) is 1. The molecule has 0 saturated carbocycles. The highest BCUT2D eigenvalue weighted by molar-refractivity contribution is 6.33. The fourth-order valence-electron chi connectivity index (χ4n) is 3.17. The number of fused-ring (bicyclic) bond motifs is 1. The zero-order valence-corrected chi connectivity index (χ0v) is 13.7. The van der Waals surface area contributed by atoms with Crippen molar-refractivity contribution >= 4 is 28.3 Å². The zero-order valence-electron chi connectivity index (χ0n) is 13.0. The highest BCUT2D eigenvalue weighted by Crippen LogP contribution is 2.39. The number of H-pyrrole nitrogens is 1. The zero-order chi connectivity index (χ0) is 15.8. The Labute approximate surface area is 140 Å². The van der Waals surface area contributed by atoms with Crippen molar-refractivity contribution in [2.24, 2.45) is 0 Å². The number of para-hydroxylation sites is 2. The molecule has 5 heteroatoms. The molecule has 0 atom stereocenters. The van der Waals surface area contributed by atoms with Crippen molar-refractivity contribution in [3.63, 3.8) is 0 Å². The average molecular weight is 328 g/mol. The Balaban J connectivity index is 1.82. The molecule has 2 aromatic carbocycles. The SMILES string of the molecule is COc1cc(-c2nc3ccccc3[nH]2)c(Cl)cc1N1CCCC1. The molecule has 23 heavy (non-hydrogen) atoms. The van der Waals surface area contributed by atoms with Crippen LogP contribution in [-0.2, 0) is 0 Å². The summed E-state index contributed by atoms with van der Waals surface area (Å²) in [5, 5.41) is 0.687. The third-order valence-corrected chi connectivity index (χ3v) is 4.67. The maximum absolute atomic E-state index is 6.56. The molecule has 2 heterocycles. The van der Waals surface area contributed by atoms with Crippen LogP contribution in [0.4, 0.5) is 5.69 Å². The smallest absolute Gasteiger partial charge is 0.142 e. The molecule has 0 unspecified atom stereocenters. The van der Waals surface area contributed by atoms with E-state index < -0.39 is 0 Å². The second-order valence-corrected chi connectivity index (χ2v) is 6.21. The van der Waals surface area contributed by atoms with Gasteiger partial charge < -0.3 is 14.6 Å². The second kappa shape index (κ2) is 5.78. The van der Waals surface area contributed by atoms with Gasteiger partial charge in [-0.3, -0.25) is 0 Å². The van der Waals surface area contributed by atoms with Crippen LogP contribution in [-0.4, -0.2) is 30.2 Å². The number of hydrogen-bond acceptors (Lipinski definition) is 3. The third-order valence-electron chi connectivity index (χ3n) is 4.36. The Morgan fingerprint density at radius 2 is 1.96 bits per heavy atom. The van der Waals surface area contributed by atoms with Crippen LogP contribution in [0.25, 0.3) is 22.4 Å². The van der Waals surface area contributed by atoms with E-state index in [1.54, 1.807) is 7.11 Å². The minimum absolute atomic E-state index is 0.687. The molecule has 4 nitrogen and oxygen atoms in total. The summed E-state index contributed by atoms with van der Waals surface area (Å²) in [4.78, 5) is 10.3. The van der Waals surface area contributed by atoms with Crippen molar-refractivity contribution in [2.45, 2.75) is 12.8 Å². The second-order valence-electron chi connectivity index (χ2n) is 5.80. The molecule has 1 aliphatic heterocycles. The van der Waals surface area contributed by atoms with E-state index in [-0.39, 0.29) is 0 Å². The summed E-state index contributed by atoms with van der Waals surface area (Å²) in [5.74, 6) is 1.61. The van der Waals surface area contributed by atoms with E-state index >= 15 is 0 Å². The molecule has 118 valence electrons. The summed E-state index contributed by atoms with van der Waals surface area (Å²) in [6.07, 6.45) is 2.43. The summed E-state index contributed by atoms with van der Waals surface area (Å²) in [5.41, 5.74) is 3.86. The van der Waals surface area contributed by atoms with E-state index in [0.717, 1.165) is 46.9 Å². The molecule has 1 fully saturated rings. The van der Waals surface area contributed by atoms with Crippen molar-refractivity contribution in [2.75, 3.05) is 25.1 Å². The quantitative estimate of drug-likeness (QED) is 0.770. The summed E-state index contributed by atoms with van der Waals surface area (Å²) in [6.45, 7) is 2.10. The van der Waals surface area contributed by atoms with E-state index in [1.807, 2.05) is 36.4 Å². The number of nitrogens with zero attached hydrogens (tertiary/aromatic N) is 2. The van der Waals surface area contributed by atoms with Crippen LogP contribution < -0.4 is 9.64 Å². The normalized spacial score (nSPS) is 14.6. The Morgan fingerprint density at radius 1 is 1.17 bits per heavy atom. The van der Waals surface area contributed by atoms with Crippen LogP contribution in [0.5, 0.6) is 5.75 Å². The van der Waals surface area contributed by atoms with E-state index in [1.165, 1.54) is 12.8 Å². The minimum atomic E-state index is 0.687. The number of benzene rings is 2. The summed E-state index contributed by atoms with van der Waals surface area (Å²) in [7, 11) is 1.70. The van der Waals surface area contributed by atoms with Crippen LogP contribution in [0.2, 0.25) is 5.02 Å². The summed E-state index contributed by atoms with van der Waals surface area (Å²) in [6, 6.07) is 11.9. The van der Waals surface area contributed by atoms with Gasteiger partial charge in [-0.2, -0.15) is 0 Å². The number of rotatable bonds is 3. The van der Waals surface area contributed by atoms with Gasteiger partial charge in [0, 0.05) is 18.7 Å². The van der Waals surface area contributed by atoms with E-state index in [4.69, 9.17) is 16.3 Å². The van der Waals surface area contributed by atoms with Gasteiger partial charge in [0.05, 0.1) is 28.9 Å². The average Bonchev–Trinajstić information content (AvgIpc) is 3.23. The molecular weight excluding hydrogens is 310 g/mol. The molecular formula is C18H18ClN3O. The number of methoxy groups -OCH3 is 1. The Morgan fingerprint density at radius 3 is 2.70 bits per heavy atom. The maximum atomic E-state index is 6.56. The first kappa shape index (κ1) is 14.4. The van der Waals surface area contributed by atoms with Crippen LogP contribution in [0.1, 0.15) is 12.8 Å². The molecule has 0 bridgehead atoms. The highest BCUT2D eigenvalue weighted by atomic mass is 35.5.